The van der Waals surface area contributed by atoms with Gasteiger partial charge in [-0.25, -0.2) is 0 Å². The van der Waals surface area contributed by atoms with Gasteiger partial charge in [0.2, 0.25) is 0 Å². The predicted octanol–water partition coefficient (Wildman–Crippen LogP) is 4.42. The molecule has 0 amide bonds. The number of hydrogen-bond acceptors (Lipinski definition) is 2. The van der Waals surface area contributed by atoms with Gasteiger partial charge in [-0.05, 0) is 39.1 Å². The highest BCUT2D eigenvalue weighted by Gasteiger charge is 2.22. The second-order valence-electron chi connectivity index (χ2n) is 5.09. The SMILES string of the molecule is CCCC[Si](C)(C)OCc1cc(C)oc1C. The third kappa shape index (κ3) is 4.14. The first kappa shape index (κ1) is 13.5. The standard InChI is InChI=1S/C13H24O2Si/c1-6-7-8-16(4,5)14-10-13-9-11(2)15-12(13)3/h9H,6-8,10H2,1-5H3. The van der Waals surface area contributed by atoms with Gasteiger partial charge < -0.3 is 8.84 Å². The molecule has 92 valence electrons. The lowest BCUT2D eigenvalue weighted by Crippen LogP contribution is -2.29. The lowest BCUT2D eigenvalue weighted by atomic mass is 10.3. The molecular weight excluding hydrogens is 216 g/mol. The molecule has 1 rings (SSSR count). The molecule has 0 N–H and O–H groups in total. The molecule has 0 saturated heterocycles. The minimum absolute atomic E-state index is 0.714. The highest BCUT2D eigenvalue weighted by atomic mass is 28.4. The van der Waals surface area contributed by atoms with E-state index in [0.717, 1.165) is 11.5 Å². The maximum absolute atomic E-state index is 6.09. The van der Waals surface area contributed by atoms with Crippen LogP contribution in [0.15, 0.2) is 10.5 Å². The first-order valence-electron chi connectivity index (χ1n) is 6.14. The van der Waals surface area contributed by atoms with Gasteiger partial charge >= 0.3 is 0 Å². The number of aryl methyl sites for hydroxylation is 2. The Bertz CT molecular complexity index is 329. The second kappa shape index (κ2) is 5.69. The zero-order valence-corrected chi connectivity index (χ0v) is 12.2. The smallest absolute Gasteiger partial charge is 0.187 e. The van der Waals surface area contributed by atoms with Crippen molar-refractivity contribution in [2.75, 3.05) is 0 Å². The summed E-state index contributed by atoms with van der Waals surface area (Å²) >= 11 is 0. The highest BCUT2D eigenvalue weighted by Crippen LogP contribution is 2.20. The molecule has 0 unspecified atom stereocenters. The molecule has 0 atom stereocenters. The fourth-order valence-electron chi connectivity index (χ4n) is 1.77. The van der Waals surface area contributed by atoms with E-state index in [1.54, 1.807) is 0 Å². The van der Waals surface area contributed by atoms with E-state index < -0.39 is 8.32 Å². The van der Waals surface area contributed by atoms with Crippen LogP contribution in [0, 0.1) is 13.8 Å². The summed E-state index contributed by atoms with van der Waals surface area (Å²) in [7, 11) is -1.46. The molecule has 1 aromatic rings. The lowest BCUT2D eigenvalue weighted by Gasteiger charge is -2.22. The Morgan fingerprint density at radius 1 is 1.31 bits per heavy atom. The first-order valence-corrected chi connectivity index (χ1v) is 9.26. The molecule has 0 spiro atoms. The van der Waals surface area contributed by atoms with E-state index in [1.165, 1.54) is 24.4 Å². The molecule has 16 heavy (non-hydrogen) atoms. The Labute approximate surface area is 100 Å². The molecule has 0 saturated carbocycles. The van der Waals surface area contributed by atoms with Crippen LogP contribution in [-0.4, -0.2) is 8.32 Å². The molecular formula is C13H24O2Si. The largest absolute Gasteiger partial charge is 0.466 e. The van der Waals surface area contributed by atoms with E-state index in [9.17, 15) is 0 Å². The molecule has 1 heterocycles. The van der Waals surface area contributed by atoms with Crippen molar-refractivity contribution in [3.8, 4) is 0 Å². The van der Waals surface area contributed by atoms with Gasteiger partial charge in [0.25, 0.3) is 0 Å². The van der Waals surface area contributed by atoms with Gasteiger partial charge in [-0.2, -0.15) is 0 Å². The summed E-state index contributed by atoms with van der Waals surface area (Å²) < 4.78 is 11.6. The van der Waals surface area contributed by atoms with E-state index in [4.69, 9.17) is 8.84 Å². The van der Waals surface area contributed by atoms with Crippen LogP contribution in [0.3, 0.4) is 0 Å². The van der Waals surface area contributed by atoms with Gasteiger partial charge in [0.1, 0.15) is 11.5 Å². The molecule has 0 fully saturated rings. The summed E-state index contributed by atoms with van der Waals surface area (Å²) in [4.78, 5) is 0. The topological polar surface area (TPSA) is 22.4 Å². The Morgan fingerprint density at radius 3 is 2.50 bits per heavy atom. The predicted molar refractivity (Wildman–Crippen MR) is 70.2 cm³/mol. The second-order valence-corrected chi connectivity index (χ2v) is 9.40. The van der Waals surface area contributed by atoms with Crippen molar-refractivity contribution in [2.24, 2.45) is 0 Å². The molecule has 1 aromatic heterocycles. The summed E-state index contributed by atoms with van der Waals surface area (Å²) in [6, 6.07) is 3.33. The highest BCUT2D eigenvalue weighted by molar-refractivity contribution is 6.71. The maximum atomic E-state index is 6.09. The van der Waals surface area contributed by atoms with Crippen molar-refractivity contribution in [1.29, 1.82) is 0 Å². The Morgan fingerprint density at radius 2 is 2.00 bits per heavy atom. The van der Waals surface area contributed by atoms with Crippen LogP contribution in [0.4, 0.5) is 0 Å². The van der Waals surface area contributed by atoms with E-state index in [-0.39, 0.29) is 0 Å². The number of rotatable bonds is 6. The van der Waals surface area contributed by atoms with Crippen LogP contribution < -0.4 is 0 Å². The molecule has 0 aliphatic heterocycles. The van der Waals surface area contributed by atoms with E-state index >= 15 is 0 Å². The average Bonchev–Trinajstić information content (AvgIpc) is 2.52. The normalized spacial score (nSPS) is 12.1. The van der Waals surface area contributed by atoms with Gasteiger partial charge in [-0.3, -0.25) is 0 Å². The Kier molecular flexibility index (Phi) is 4.81. The first-order chi connectivity index (χ1) is 7.44. The van der Waals surface area contributed by atoms with Crippen LogP contribution in [0.25, 0.3) is 0 Å². The molecule has 3 heteroatoms. The maximum Gasteiger partial charge on any atom is 0.187 e. The van der Waals surface area contributed by atoms with Crippen LogP contribution in [0.5, 0.6) is 0 Å². The average molecular weight is 240 g/mol. The van der Waals surface area contributed by atoms with Crippen LogP contribution in [0.1, 0.15) is 36.8 Å². The third-order valence-corrected chi connectivity index (χ3v) is 5.38. The molecule has 0 bridgehead atoms. The van der Waals surface area contributed by atoms with Gasteiger partial charge in [-0.15, -0.1) is 0 Å². The van der Waals surface area contributed by atoms with Gasteiger partial charge in [0, 0.05) is 5.56 Å². The fourth-order valence-corrected chi connectivity index (χ4v) is 3.67. The molecule has 2 nitrogen and oxygen atoms in total. The molecule has 0 aliphatic rings. The van der Waals surface area contributed by atoms with Gasteiger partial charge in [0.05, 0.1) is 6.61 Å². The zero-order valence-electron chi connectivity index (χ0n) is 11.2. The van der Waals surface area contributed by atoms with Crippen LogP contribution in [0.2, 0.25) is 19.1 Å². The summed E-state index contributed by atoms with van der Waals surface area (Å²) in [5, 5.41) is 0. The minimum atomic E-state index is -1.46. The van der Waals surface area contributed by atoms with Gasteiger partial charge in [0.15, 0.2) is 8.32 Å². The molecule has 0 aromatic carbocycles. The third-order valence-electron chi connectivity index (χ3n) is 2.89. The number of hydrogen-bond donors (Lipinski definition) is 0. The van der Waals surface area contributed by atoms with E-state index in [0.29, 0.717) is 6.61 Å². The molecule has 0 aliphatic carbocycles. The Hall–Kier alpha value is -0.543. The fraction of sp³-hybridized carbons (Fsp3) is 0.692. The van der Waals surface area contributed by atoms with Crippen LogP contribution >= 0.6 is 0 Å². The van der Waals surface area contributed by atoms with E-state index in [2.05, 4.69) is 26.1 Å². The Balaban J connectivity index is 2.47. The monoisotopic (exact) mass is 240 g/mol. The van der Waals surface area contributed by atoms with Crippen molar-refractivity contribution < 1.29 is 8.84 Å². The summed E-state index contributed by atoms with van der Waals surface area (Å²) in [5.74, 6) is 1.97. The van der Waals surface area contributed by atoms with Crippen LogP contribution in [-0.2, 0) is 11.0 Å². The van der Waals surface area contributed by atoms with E-state index in [1.807, 2.05) is 13.8 Å². The lowest BCUT2D eigenvalue weighted by molar-refractivity contribution is 0.291. The van der Waals surface area contributed by atoms with Crippen molar-refractivity contribution in [1.82, 2.24) is 0 Å². The van der Waals surface area contributed by atoms with Crippen molar-refractivity contribution >= 4 is 8.32 Å². The van der Waals surface area contributed by atoms with Crippen molar-refractivity contribution in [3.63, 3.8) is 0 Å². The van der Waals surface area contributed by atoms with Crippen molar-refractivity contribution in [3.05, 3.63) is 23.2 Å². The quantitative estimate of drug-likeness (QED) is 0.687. The summed E-state index contributed by atoms with van der Waals surface area (Å²) in [6.45, 7) is 11.5. The minimum Gasteiger partial charge on any atom is -0.466 e. The van der Waals surface area contributed by atoms with Gasteiger partial charge in [-0.1, -0.05) is 19.8 Å². The zero-order chi connectivity index (χ0) is 12.2. The number of furan rings is 1. The van der Waals surface area contributed by atoms with Crippen molar-refractivity contribution in [2.45, 2.75) is 59.4 Å². The summed E-state index contributed by atoms with van der Waals surface area (Å²) in [5.41, 5.74) is 1.20. The molecule has 0 radical (unpaired) electrons. The summed E-state index contributed by atoms with van der Waals surface area (Å²) in [6.07, 6.45) is 2.53. The number of unbranched alkanes of at least 4 members (excludes halogenated alkanes) is 1.